The Balaban J connectivity index is 1.78. The molecule has 0 bridgehead atoms. The zero-order valence-electron chi connectivity index (χ0n) is 15.0. The van der Waals surface area contributed by atoms with Gasteiger partial charge in [-0.15, -0.1) is 0 Å². The molecule has 1 saturated heterocycles. The van der Waals surface area contributed by atoms with Crippen molar-refractivity contribution in [2.24, 2.45) is 11.3 Å². The van der Waals surface area contributed by atoms with Crippen LogP contribution in [-0.4, -0.2) is 24.5 Å². The molecule has 2 aromatic rings. The lowest BCUT2D eigenvalue weighted by Crippen LogP contribution is -2.42. The van der Waals surface area contributed by atoms with E-state index >= 15 is 0 Å². The molecule has 2 aromatic carbocycles. The van der Waals surface area contributed by atoms with E-state index in [9.17, 15) is 0 Å². The van der Waals surface area contributed by atoms with E-state index in [1.807, 2.05) is 0 Å². The average Bonchev–Trinajstić information content (AvgIpc) is 3.06. The monoisotopic (exact) mass is 322 g/mol. The summed E-state index contributed by atoms with van der Waals surface area (Å²) in [5.41, 5.74) is 3.19. The molecule has 1 N–H and O–H groups in total. The molecule has 1 aliphatic rings. The van der Waals surface area contributed by atoms with E-state index < -0.39 is 0 Å². The van der Waals surface area contributed by atoms with E-state index in [2.05, 4.69) is 84.7 Å². The Kier molecular flexibility index (Phi) is 5.70. The lowest BCUT2D eigenvalue weighted by Gasteiger charge is -2.38. The molecule has 2 nitrogen and oxygen atoms in total. The number of nitrogens with one attached hydrogen (secondary N) is 1. The smallest absolute Gasteiger partial charge is 0.0237 e. The molecule has 1 atom stereocenters. The third kappa shape index (κ3) is 4.25. The maximum absolute atomic E-state index is 3.60. The van der Waals surface area contributed by atoms with Crippen LogP contribution in [0, 0.1) is 11.3 Å². The molecule has 128 valence electrons. The van der Waals surface area contributed by atoms with Gasteiger partial charge in [-0.1, -0.05) is 74.5 Å². The van der Waals surface area contributed by atoms with Gasteiger partial charge in [0.1, 0.15) is 0 Å². The van der Waals surface area contributed by atoms with Crippen LogP contribution in [-0.2, 0) is 13.1 Å². The number of rotatable bonds is 7. The van der Waals surface area contributed by atoms with Gasteiger partial charge in [0, 0.05) is 26.2 Å². The van der Waals surface area contributed by atoms with Crippen molar-refractivity contribution in [2.75, 3.05) is 19.6 Å². The Bertz CT molecular complexity index is 559. The van der Waals surface area contributed by atoms with E-state index in [-0.39, 0.29) is 0 Å². The number of hydrogen-bond donors (Lipinski definition) is 1. The van der Waals surface area contributed by atoms with Gasteiger partial charge in [0.15, 0.2) is 0 Å². The van der Waals surface area contributed by atoms with Gasteiger partial charge in [-0.3, -0.25) is 4.90 Å². The first-order valence-corrected chi connectivity index (χ1v) is 9.19. The van der Waals surface area contributed by atoms with Crippen LogP contribution in [0.4, 0.5) is 0 Å². The summed E-state index contributed by atoms with van der Waals surface area (Å²) in [5, 5.41) is 3.60. The van der Waals surface area contributed by atoms with E-state index in [0.29, 0.717) is 11.3 Å². The molecular formula is C22H30N2. The van der Waals surface area contributed by atoms with Crippen LogP contribution in [0.3, 0.4) is 0 Å². The zero-order chi connectivity index (χ0) is 16.8. The van der Waals surface area contributed by atoms with Crippen LogP contribution in [0.15, 0.2) is 60.7 Å². The van der Waals surface area contributed by atoms with Gasteiger partial charge >= 0.3 is 0 Å². The fourth-order valence-corrected chi connectivity index (χ4v) is 3.87. The molecule has 0 amide bonds. The average molecular weight is 322 g/mol. The lowest BCUT2D eigenvalue weighted by molar-refractivity contribution is 0.107. The van der Waals surface area contributed by atoms with Crippen molar-refractivity contribution >= 4 is 0 Å². The molecule has 2 heteroatoms. The number of benzene rings is 2. The maximum Gasteiger partial charge on any atom is 0.0237 e. The maximum atomic E-state index is 3.60. The van der Waals surface area contributed by atoms with Gasteiger partial charge in [-0.05, 0) is 35.4 Å². The molecule has 0 spiro atoms. The van der Waals surface area contributed by atoms with Gasteiger partial charge in [-0.25, -0.2) is 0 Å². The molecule has 0 radical (unpaired) electrons. The van der Waals surface area contributed by atoms with E-state index in [4.69, 9.17) is 0 Å². The summed E-state index contributed by atoms with van der Waals surface area (Å²) in [7, 11) is 0. The Hall–Kier alpha value is -1.64. The van der Waals surface area contributed by atoms with E-state index in [0.717, 1.165) is 32.7 Å². The second kappa shape index (κ2) is 7.96. The highest BCUT2D eigenvalue weighted by molar-refractivity contribution is 5.17. The third-order valence-electron chi connectivity index (χ3n) is 5.54. The topological polar surface area (TPSA) is 15.3 Å². The lowest BCUT2D eigenvalue weighted by atomic mass is 9.76. The summed E-state index contributed by atoms with van der Waals surface area (Å²) in [4.78, 5) is 2.64. The molecule has 0 aliphatic carbocycles. The fourth-order valence-electron chi connectivity index (χ4n) is 3.87. The van der Waals surface area contributed by atoms with Crippen molar-refractivity contribution < 1.29 is 0 Å². The Labute approximate surface area is 146 Å². The Morgan fingerprint density at radius 3 is 1.88 bits per heavy atom. The summed E-state index contributed by atoms with van der Waals surface area (Å²) in [6.07, 6.45) is 1.28. The van der Waals surface area contributed by atoms with Gasteiger partial charge < -0.3 is 5.32 Å². The molecule has 1 aliphatic heterocycles. The minimum atomic E-state index is 0.392. The van der Waals surface area contributed by atoms with Gasteiger partial charge in [0.2, 0.25) is 0 Å². The molecule has 1 heterocycles. The van der Waals surface area contributed by atoms with Crippen LogP contribution >= 0.6 is 0 Å². The summed E-state index contributed by atoms with van der Waals surface area (Å²) < 4.78 is 0. The normalized spacial score (nSPS) is 20.8. The summed E-state index contributed by atoms with van der Waals surface area (Å²) in [5.74, 6) is 0.696. The minimum absolute atomic E-state index is 0.392. The van der Waals surface area contributed by atoms with Crippen molar-refractivity contribution in [3.05, 3.63) is 71.8 Å². The first-order valence-electron chi connectivity index (χ1n) is 9.19. The first-order chi connectivity index (χ1) is 11.7. The second-order valence-electron chi connectivity index (χ2n) is 7.56. The van der Waals surface area contributed by atoms with Crippen LogP contribution in [0.2, 0.25) is 0 Å². The standard InChI is InChI=1S/C22H30N2/c1-19(2)22(13-14-23-17-22)18-24(15-20-9-5-3-6-10-20)16-21-11-7-4-8-12-21/h3-12,19,23H,13-18H2,1-2H3. The third-order valence-corrected chi connectivity index (χ3v) is 5.54. The summed E-state index contributed by atoms with van der Waals surface area (Å²) in [6, 6.07) is 21.7. The fraction of sp³-hybridized carbons (Fsp3) is 0.455. The highest BCUT2D eigenvalue weighted by atomic mass is 15.1. The van der Waals surface area contributed by atoms with E-state index in [1.165, 1.54) is 17.5 Å². The van der Waals surface area contributed by atoms with Crippen LogP contribution < -0.4 is 5.32 Å². The summed E-state index contributed by atoms with van der Waals surface area (Å²) in [6.45, 7) is 10.3. The highest BCUT2D eigenvalue weighted by Gasteiger charge is 2.38. The molecular weight excluding hydrogens is 292 g/mol. The molecule has 1 unspecified atom stereocenters. The van der Waals surface area contributed by atoms with Gasteiger partial charge in [0.05, 0.1) is 0 Å². The molecule has 0 aromatic heterocycles. The second-order valence-corrected chi connectivity index (χ2v) is 7.56. The van der Waals surface area contributed by atoms with Crippen LogP contribution in [0.5, 0.6) is 0 Å². The van der Waals surface area contributed by atoms with Gasteiger partial charge in [0.25, 0.3) is 0 Å². The van der Waals surface area contributed by atoms with Crippen molar-refractivity contribution in [1.29, 1.82) is 0 Å². The zero-order valence-corrected chi connectivity index (χ0v) is 15.0. The predicted molar refractivity (Wildman–Crippen MR) is 102 cm³/mol. The molecule has 3 rings (SSSR count). The molecule has 1 fully saturated rings. The van der Waals surface area contributed by atoms with Crippen LogP contribution in [0.1, 0.15) is 31.4 Å². The van der Waals surface area contributed by atoms with E-state index in [1.54, 1.807) is 0 Å². The van der Waals surface area contributed by atoms with Crippen molar-refractivity contribution in [3.63, 3.8) is 0 Å². The highest BCUT2D eigenvalue weighted by Crippen LogP contribution is 2.35. The summed E-state index contributed by atoms with van der Waals surface area (Å²) >= 11 is 0. The quantitative estimate of drug-likeness (QED) is 0.816. The number of nitrogens with zero attached hydrogens (tertiary/aromatic N) is 1. The van der Waals surface area contributed by atoms with Crippen molar-refractivity contribution in [3.8, 4) is 0 Å². The SMILES string of the molecule is CC(C)C1(CN(Cc2ccccc2)Cc2ccccc2)CCNC1. The first kappa shape index (κ1) is 17.2. The van der Waals surface area contributed by atoms with Crippen molar-refractivity contribution in [2.45, 2.75) is 33.4 Å². The molecule has 0 saturated carbocycles. The Morgan fingerprint density at radius 1 is 0.917 bits per heavy atom. The van der Waals surface area contributed by atoms with Crippen LogP contribution in [0.25, 0.3) is 0 Å². The molecule has 24 heavy (non-hydrogen) atoms. The minimum Gasteiger partial charge on any atom is -0.316 e. The van der Waals surface area contributed by atoms with Crippen molar-refractivity contribution in [1.82, 2.24) is 10.2 Å². The number of hydrogen-bond acceptors (Lipinski definition) is 2. The Morgan fingerprint density at radius 2 is 1.46 bits per heavy atom. The van der Waals surface area contributed by atoms with Gasteiger partial charge in [-0.2, -0.15) is 0 Å². The predicted octanol–water partition coefficient (Wildman–Crippen LogP) is 4.32. The largest absolute Gasteiger partial charge is 0.316 e.